The number of hydrogen-bond acceptors (Lipinski definition) is 7. The van der Waals surface area contributed by atoms with Crippen LogP contribution in [0.25, 0.3) is 0 Å². The Morgan fingerprint density at radius 2 is 1.84 bits per heavy atom. The van der Waals surface area contributed by atoms with E-state index >= 15 is 0 Å². The van der Waals surface area contributed by atoms with Gasteiger partial charge in [0.15, 0.2) is 6.61 Å². The van der Waals surface area contributed by atoms with Crippen molar-refractivity contribution in [3.63, 3.8) is 0 Å². The molecule has 3 aliphatic carbocycles. The fourth-order valence-corrected chi connectivity index (χ4v) is 8.45. The van der Waals surface area contributed by atoms with Crippen molar-refractivity contribution < 1.29 is 32.0 Å². The average molecular weight is 533 g/mol. The van der Waals surface area contributed by atoms with Crippen molar-refractivity contribution in [3.8, 4) is 0 Å². The highest BCUT2D eigenvalue weighted by molar-refractivity contribution is 7.86. The van der Waals surface area contributed by atoms with Crippen molar-refractivity contribution >= 4 is 21.9 Å². The number of Topliss-reactive ketones (excluding diaryl/α,β-unsaturated/α-hetero) is 1. The normalized spacial score (nSPS) is 39.8. The van der Waals surface area contributed by atoms with Gasteiger partial charge in [-0.3, -0.25) is 8.98 Å². The topological polar surface area (TPSA) is 107 Å². The van der Waals surface area contributed by atoms with Gasteiger partial charge in [0.25, 0.3) is 10.1 Å². The van der Waals surface area contributed by atoms with Crippen molar-refractivity contribution in [1.82, 2.24) is 0 Å². The molecular weight excluding hydrogens is 492 g/mol. The van der Waals surface area contributed by atoms with Gasteiger partial charge in [0, 0.05) is 23.2 Å². The number of carbonyl (C=O) groups is 2. The van der Waals surface area contributed by atoms with Gasteiger partial charge in [-0.1, -0.05) is 51.5 Å². The molecule has 0 aromatic heterocycles. The van der Waals surface area contributed by atoms with Crippen molar-refractivity contribution in [2.45, 2.75) is 83.8 Å². The van der Waals surface area contributed by atoms with E-state index in [4.69, 9.17) is 8.92 Å². The smallest absolute Gasteiger partial charge is 0.333 e. The molecule has 0 radical (unpaired) electrons. The number of benzene rings is 1. The first kappa shape index (κ1) is 28.0. The molecule has 0 spiro atoms. The Balaban J connectivity index is 1.65. The maximum atomic E-state index is 13.4. The summed E-state index contributed by atoms with van der Waals surface area (Å²) >= 11 is 0. The van der Waals surface area contributed by atoms with Crippen LogP contribution >= 0.6 is 0 Å². The summed E-state index contributed by atoms with van der Waals surface area (Å²) in [6.45, 7) is 13.2. The quantitative estimate of drug-likeness (QED) is 0.324. The fourth-order valence-electron chi connectivity index (χ4n) is 7.59. The molecule has 0 amide bonds. The van der Waals surface area contributed by atoms with Crippen LogP contribution in [0.2, 0.25) is 0 Å². The third-order valence-electron chi connectivity index (χ3n) is 10.2. The third kappa shape index (κ3) is 4.49. The number of carbonyl (C=O) groups excluding carboxylic acids is 2. The van der Waals surface area contributed by atoms with Crippen LogP contribution in [-0.2, 0) is 28.6 Å². The first-order chi connectivity index (χ1) is 17.2. The molecule has 3 fully saturated rings. The van der Waals surface area contributed by atoms with Gasteiger partial charge in [-0.15, -0.1) is 6.58 Å². The maximum Gasteiger partial charge on any atom is 0.333 e. The van der Waals surface area contributed by atoms with Gasteiger partial charge >= 0.3 is 5.97 Å². The van der Waals surface area contributed by atoms with E-state index in [0.717, 1.165) is 18.4 Å². The zero-order valence-corrected chi connectivity index (χ0v) is 23.3. The minimum absolute atomic E-state index is 0.0394. The molecule has 3 saturated carbocycles. The Labute approximate surface area is 220 Å². The molecule has 1 aromatic carbocycles. The van der Waals surface area contributed by atoms with Crippen molar-refractivity contribution in [1.29, 1.82) is 0 Å². The molecule has 2 bridgehead atoms. The molecule has 3 aliphatic rings. The van der Waals surface area contributed by atoms with Crippen LogP contribution in [0.1, 0.15) is 65.4 Å². The third-order valence-corrected chi connectivity index (χ3v) is 11.5. The Morgan fingerprint density at radius 3 is 2.46 bits per heavy atom. The van der Waals surface area contributed by atoms with Gasteiger partial charge in [0.1, 0.15) is 11.9 Å². The van der Waals surface area contributed by atoms with Crippen LogP contribution in [-0.4, -0.2) is 44.1 Å². The van der Waals surface area contributed by atoms with Crippen LogP contribution in [0.15, 0.2) is 41.8 Å². The van der Waals surface area contributed by atoms with Crippen LogP contribution in [0.4, 0.5) is 0 Å². The number of aliphatic hydroxyl groups excluding tert-OH is 1. The summed E-state index contributed by atoms with van der Waals surface area (Å²) in [5.41, 5.74) is -0.910. The molecule has 7 nitrogen and oxygen atoms in total. The molecule has 1 aromatic rings. The Bertz CT molecular complexity index is 1180. The molecule has 1 N–H and O–H groups in total. The lowest BCUT2D eigenvalue weighted by Gasteiger charge is -2.61. The maximum absolute atomic E-state index is 13.4. The minimum Gasteiger partial charge on any atom is -0.460 e. The van der Waals surface area contributed by atoms with Crippen molar-refractivity contribution in [3.05, 3.63) is 42.5 Å². The number of aryl methyl sites for hydroxylation is 1. The highest BCUT2D eigenvalue weighted by Gasteiger charge is 2.68. The van der Waals surface area contributed by atoms with E-state index in [1.165, 1.54) is 12.1 Å². The van der Waals surface area contributed by atoms with E-state index in [-0.39, 0.29) is 40.3 Å². The van der Waals surface area contributed by atoms with E-state index in [1.54, 1.807) is 18.2 Å². The van der Waals surface area contributed by atoms with Gasteiger partial charge in [0.2, 0.25) is 0 Å². The molecule has 37 heavy (non-hydrogen) atoms. The highest BCUT2D eigenvalue weighted by Crippen LogP contribution is 2.68. The summed E-state index contributed by atoms with van der Waals surface area (Å²) in [5.74, 6) is -1.05. The first-order valence-corrected chi connectivity index (χ1v) is 14.6. The van der Waals surface area contributed by atoms with Crippen LogP contribution in [0.3, 0.4) is 0 Å². The second kappa shape index (κ2) is 9.62. The highest BCUT2D eigenvalue weighted by atomic mass is 32.2. The summed E-state index contributed by atoms with van der Waals surface area (Å²) in [4.78, 5) is 26.5. The number of aliphatic hydroxyl groups is 1. The molecule has 204 valence electrons. The van der Waals surface area contributed by atoms with E-state index in [0.29, 0.717) is 12.8 Å². The SMILES string of the molecule is C=C[C@@]1(C)CC(OC(=O)COS(=O)(=O)c2ccc(C)cc2)[C@]2(C)C(C)CC[C@]3(CCC(=O)[C@@H]23)[C@@H](C)[C@@H]1O. The Kier molecular flexibility index (Phi) is 7.27. The largest absolute Gasteiger partial charge is 0.460 e. The molecule has 8 heteroatoms. The van der Waals surface area contributed by atoms with Crippen LogP contribution < -0.4 is 0 Å². The summed E-state index contributed by atoms with van der Waals surface area (Å²) in [6, 6.07) is 6.17. The minimum atomic E-state index is -4.15. The van der Waals surface area contributed by atoms with Crippen LogP contribution in [0.5, 0.6) is 0 Å². The van der Waals surface area contributed by atoms with E-state index in [1.807, 2.05) is 27.7 Å². The number of hydrogen-bond donors (Lipinski definition) is 1. The van der Waals surface area contributed by atoms with Gasteiger partial charge in [-0.05, 0) is 62.0 Å². The van der Waals surface area contributed by atoms with E-state index < -0.39 is 45.7 Å². The summed E-state index contributed by atoms with van der Waals surface area (Å²) in [7, 11) is -4.15. The van der Waals surface area contributed by atoms with Crippen molar-refractivity contribution in [2.24, 2.45) is 34.0 Å². The number of ketones is 1. The van der Waals surface area contributed by atoms with E-state index in [9.17, 15) is 23.1 Å². The lowest BCUT2D eigenvalue weighted by Crippen LogP contribution is -2.63. The molecule has 0 aliphatic heterocycles. The van der Waals surface area contributed by atoms with Gasteiger partial charge in [0.05, 0.1) is 11.0 Å². The molecule has 4 rings (SSSR count). The fraction of sp³-hybridized carbons (Fsp3) is 0.655. The first-order valence-electron chi connectivity index (χ1n) is 13.2. The molecule has 2 unspecified atom stereocenters. The summed E-state index contributed by atoms with van der Waals surface area (Å²) < 4.78 is 36.3. The number of esters is 1. The number of ether oxygens (including phenoxy) is 1. The predicted molar refractivity (Wildman–Crippen MR) is 139 cm³/mol. The zero-order valence-electron chi connectivity index (χ0n) is 22.5. The second-order valence-electron chi connectivity index (χ2n) is 12.1. The molecule has 0 heterocycles. The second-order valence-corrected chi connectivity index (χ2v) is 13.7. The molecule has 8 atom stereocenters. The average Bonchev–Trinajstić information content (AvgIpc) is 3.21. The van der Waals surface area contributed by atoms with Gasteiger partial charge < -0.3 is 9.84 Å². The Morgan fingerprint density at radius 1 is 1.19 bits per heavy atom. The Hall–Kier alpha value is -2.03. The predicted octanol–water partition coefficient (Wildman–Crippen LogP) is 4.61. The summed E-state index contributed by atoms with van der Waals surface area (Å²) in [6.07, 6.45) is 3.37. The van der Waals surface area contributed by atoms with Gasteiger partial charge in [-0.25, -0.2) is 4.79 Å². The monoisotopic (exact) mass is 532 g/mol. The van der Waals surface area contributed by atoms with Crippen LogP contribution in [0, 0.1) is 40.9 Å². The van der Waals surface area contributed by atoms with Crippen molar-refractivity contribution in [2.75, 3.05) is 6.61 Å². The number of rotatable bonds is 6. The summed E-state index contributed by atoms with van der Waals surface area (Å²) in [5, 5.41) is 11.6. The molecule has 0 saturated heterocycles. The van der Waals surface area contributed by atoms with E-state index in [2.05, 4.69) is 13.5 Å². The lowest BCUT2D eigenvalue weighted by atomic mass is 9.44. The standard InChI is InChI=1S/C29H40O7S/c1-7-27(5)16-23(36-24(31)17-35-37(33,34)21-10-8-18(2)9-11-21)28(6)19(3)12-14-29(20(4)26(27)32)15-13-22(30)25(28)29/h7-11,19-20,23,25-26,32H,1,12-17H2,2-6H3/t19?,20-,23?,25-,26-,27-,28-,29-/m0/s1. The zero-order chi connectivity index (χ0) is 27.4. The molecular formula is C29H40O7S. The van der Waals surface area contributed by atoms with Gasteiger partial charge in [-0.2, -0.15) is 8.42 Å². The lowest BCUT2D eigenvalue weighted by molar-refractivity contribution is -0.207.